The highest BCUT2D eigenvalue weighted by atomic mass is 32.1. The minimum atomic E-state index is 0.0843. The van der Waals surface area contributed by atoms with Gasteiger partial charge >= 0.3 is 6.03 Å². The van der Waals surface area contributed by atoms with Gasteiger partial charge in [0, 0.05) is 40.3 Å². The van der Waals surface area contributed by atoms with Crippen molar-refractivity contribution in [2.75, 3.05) is 39.1 Å². The van der Waals surface area contributed by atoms with Crippen LogP contribution in [0.15, 0.2) is 18.2 Å². The summed E-state index contributed by atoms with van der Waals surface area (Å²) in [5.74, 6) is 0. The van der Waals surface area contributed by atoms with Gasteiger partial charge in [-0.2, -0.15) is 0 Å². The summed E-state index contributed by atoms with van der Waals surface area (Å²) in [4.78, 5) is 22.9. The van der Waals surface area contributed by atoms with Crippen LogP contribution in [-0.2, 0) is 6.42 Å². The van der Waals surface area contributed by atoms with Gasteiger partial charge in [-0.3, -0.25) is 0 Å². The van der Waals surface area contributed by atoms with Crippen LogP contribution >= 0.6 is 11.3 Å². The average Bonchev–Trinajstić information content (AvgIpc) is 3.04. The number of benzene rings is 1. The molecule has 2 heterocycles. The number of amides is 2. The summed E-state index contributed by atoms with van der Waals surface area (Å²) in [6, 6.07) is 6.85. The number of para-hydroxylation sites is 1. The largest absolute Gasteiger partial charge is 0.348 e. The number of hydrogen-bond acceptors (Lipinski definition) is 4. The zero-order valence-corrected chi connectivity index (χ0v) is 15.8. The lowest BCUT2D eigenvalue weighted by atomic mass is 10.0. The Hall–Kier alpha value is -1.82. The lowest BCUT2D eigenvalue weighted by Gasteiger charge is -2.37. The van der Waals surface area contributed by atoms with Crippen molar-refractivity contribution in [1.82, 2.24) is 14.8 Å². The first-order chi connectivity index (χ1) is 11.5. The fourth-order valence-electron chi connectivity index (χ4n) is 3.33. The summed E-state index contributed by atoms with van der Waals surface area (Å²) >= 11 is 1.78. The van der Waals surface area contributed by atoms with Crippen LogP contribution in [0.5, 0.6) is 0 Å². The summed E-state index contributed by atoms with van der Waals surface area (Å²) < 4.78 is 1.27. The van der Waals surface area contributed by atoms with Gasteiger partial charge in [0.05, 0.1) is 10.2 Å². The predicted molar refractivity (Wildman–Crippen MR) is 101 cm³/mol. The van der Waals surface area contributed by atoms with Gasteiger partial charge in [0.25, 0.3) is 0 Å². The molecule has 130 valence electrons. The van der Waals surface area contributed by atoms with E-state index in [1.807, 2.05) is 11.9 Å². The third-order valence-corrected chi connectivity index (χ3v) is 5.92. The molecule has 2 amide bonds. The summed E-state index contributed by atoms with van der Waals surface area (Å²) in [5.41, 5.74) is 2.48. The maximum atomic E-state index is 12.1. The number of carbonyl (C=O) groups is 1. The van der Waals surface area contributed by atoms with Crippen molar-refractivity contribution >= 4 is 32.7 Å². The van der Waals surface area contributed by atoms with Gasteiger partial charge in [0.15, 0.2) is 5.13 Å². The van der Waals surface area contributed by atoms with E-state index in [9.17, 15) is 4.79 Å². The van der Waals surface area contributed by atoms with Crippen molar-refractivity contribution in [3.63, 3.8) is 0 Å². The van der Waals surface area contributed by atoms with Crippen molar-refractivity contribution in [2.24, 2.45) is 0 Å². The Morgan fingerprint density at radius 1 is 1.29 bits per heavy atom. The van der Waals surface area contributed by atoms with Gasteiger partial charge in [0.2, 0.25) is 0 Å². The van der Waals surface area contributed by atoms with Crippen molar-refractivity contribution in [3.05, 3.63) is 23.8 Å². The summed E-state index contributed by atoms with van der Waals surface area (Å²) in [6.45, 7) is 4.09. The Bertz CT molecular complexity index is 719. The molecule has 1 fully saturated rings. The number of anilines is 1. The number of fused-ring (bicyclic) bond motifs is 1. The van der Waals surface area contributed by atoms with Crippen LogP contribution in [0.3, 0.4) is 0 Å². The number of carbonyl (C=O) groups excluding carboxylic acids is 1. The zero-order chi connectivity index (χ0) is 17.3. The first-order valence-electron chi connectivity index (χ1n) is 8.58. The van der Waals surface area contributed by atoms with Gasteiger partial charge in [-0.1, -0.05) is 30.4 Å². The van der Waals surface area contributed by atoms with E-state index in [2.05, 4.69) is 30.0 Å². The molecule has 2 aromatic rings. The van der Waals surface area contributed by atoms with E-state index in [0.29, 0.717) is 6.04 Å². The molecule has 0 saturated carbocycles. The van der Waals surface area contributed by atoms with E-state index in [-0.39, 0.29) is 6.03 Å². The van der Waals surface area contributed by atoms with Crippen molar-refractivity contribution in [3.8, 4) is 0 Å². The van der Waals surface area contributed by atoms with Crippen LogP contribution in [0.2, 0.25) is 0 Å². The standard InChI is InChI=1S/C18H26N4OS/c1-5-13-7-6-8-15-16(13)19-17(24-15)22-11-9-14(10-12-22)21(4)18(23)20(2)3/h6-8,14H,5,9-12H2,1-4H3. The molecule has 24 heavy (non-hydrogen) atoms. The second-order valence-electron chi connectivity index (χ2n) is 6.62. The maximum Gasteiger partial charge on any atom is 0.319 e. The topological polar surface area (TPSA) is 39.7 Å². The fraction of sp³-hybridized carbons (Fsp3) is 0.556. The quantitative estimate of drug-likeness (QED) is 0.855. The minimum Gasteiger partial charge on any atom is -0.348 e. The average molecular weight is 347 g/mol. The minimum absolute atomic E-state index is 0.0843. The highest BCUT2D eigenvalue weighted by Gasteiger charge is 2.27. The lowest BCUT2D eigenvalue weighted by molar-refractivity contribution is 0.155. The van der Waals surface area contributed by atoms with Gasteiger partial charge in [-0.25, -0.2) is 9.78 Å². The van der Waals surface area contributed by atoms with Gasteiger partial charge in [-0.05, 0) is 30.9 Å². The molecule has 0 unspecified atom stereocenters. The van der Waals surface area contributed by atoms with E-state index in [1.54, 1.807) is 30.3 Å². The molecule has 5 nitrogen and oxygen atoms in total. The van der Waals surface area contributed by atoms with Crippen LogP contribution < -0.4 is 4.90 Å². The predicted octanol–water partition coefficient (Wildman–Crippen LogP) is 3.44. The third kappa shape index (κ3) is 3.20. The molecule has 1 aliphatic rings. The summed E-state index contributed by atoms with van der Waals surface area (Å²) in [7, 11) is 5.52. The number of nitrogens with zero attached hydrogens (tertiary/aromatic N) is 4. The molecular weight excluding hydrogens is 320 g/mol. The van der Waals surface area contributed by atoms with E-state index in [4.69, 9.17) is 4.98 Å². The molecule has 1 aliphatic heterocycles. The Balaban J connectivity index is 1.70. The third-order valence-electron chi connectivity index (χ3n) is 4.84. The number of thiazole rings is 1. The second-order valence-corrected chi connectivity index (χ2v) is 7.63. The van der Waals surface area contributed by atoms with Crippen LogP contribution in [0.1, 0.15) is 25.3 Å². The van der Waals surface area contributed by atoms with Crippen LogP contribution in [0, 0.1) is 0 Å². The second kappa shape index (κ2) is 6.97. The number of urea groups is 1. The Morgan fingerprint density at radius 2 is 2.00 bits per heavy atom. The molecule has 6 heteroatoms. The van der Waals surface area contributed by atoms with Crippen LogP contribution in [0.4, 0.5) is 9.93 Å². The summed E-state index contributed by atoms with van der Waals surface area (Å²) in [5, 5.41) is 1.12. The highest BCUT2D eigenvalue weighted by Crippen LogP contribution is 2.32. The Kier molecular flexibility index (Phi) is 4.94. The van der Waals surface area contributed by atoms with E-state index < -0.39 is 0 Å². The maximum absolute atomic E-state index is 12.1. The zero-order valence-electron chi connectivity index (χ0n) is 15.0. The number of hydrogen-bond donors (Lipinski definition) is 0. The van der Waals surface area contributed by atoms with Gasteiger partial charge < -0.3 is 14.7 Å². The molecule has 1 aromatic carbocycles. The molecule has 0 atom stereocenters. The molecule has 0 radical (unpaired) electrons. The Labute approximate surface area is 147 Å². The number of aryl methyl sites for hydroxylation is 1. The van der Waals surface area contributed by atoms with Gasteiger partial charge in [0.1, 0.15) is 0 Å². The monoisotopic (exact) mass is 346 g/mol. The molecule has 0 aliphatic carbocycles. The fourth-order valence-corrected chi connectivity index (χ4v) is 4.40. The number of piperidine rings is 1. The summed E-state index contributed by atoms with van der Waals surface area (Å²) in [6.07, 6.45) is 3.00. The smallest absolute Gasteiger partial charge is 0.319 e. The van der Waals surface area contributed by atoms with Gasteiger partial charge in [-0.15, -0.1) is 0 Å². The van der Waals surface area contributed by atoms with E-state index in [0.717, 1.165) is 43.0 Å². The first-order valence-corrected chi connectivity index (χ1v) is 9.40. The molecule has 1 saturated heterocycles. The molecule has 0 N–H and O–H groups in total. The van der Waals surface area contributed by atoms with Crippen molar-refractivity contribution < 1.29 is 4.79 Å². The number of aromatic nitrogens is 1. The normalized spacial score (nSPS) is 15.8. The Morgan fingerprint density at radius 3 is 2.62 bits per heavy atom. The molecular formula is C18H26N4OS. The van der Waals surface area contributed by atoms with Crippen molar-refractivity contribution in [2.45, 2.75) is 32.2 Å². The number of rotatable bonds is 3. The molecule has 3 rings (SSSR count). The van der Waals surface area contributed by atoms with E-state index in [1.165, 1.54) is 10.3 Å². The molecule has 1 aromatic heterocycles. The molecule has 0 spiro atoms. The van der Waals surface area contributed by atoms with Crippen molar-refractivity contribution in [1.29, 1.82) is 0 Å². The van der Waals surface area contributed by atoms with Crippen LogP contribution in [0.25, 0.3) is 10.2 Å². The first kappa shape index (κ1) is 17.0. The van der Waals surface area contributed by atoms with Crippen LogP contribution in [-0.4, -0.2) is 61.1 Å². The SMILES string of the molecule is CCc1cccc2sc(N3CCC(N(C)C(=O)N(C)C)CC3)nc12. The molecule has 0 bridgehead atoms. The van der Waals surface area contributed by atoms with E-state index >= 15 is 0 Å². The highest BCUT2D eigenvalue weighted by molar-refractivity contribution is 7.22. The lowest BCUT2D eigenvalue weighted by Crippen LogP contribution is -2.48.